The summed E-state index contributed by atoms with van der Waals surface area (Å²) in [7, 11) is 0. The molecule has 1 aliphatic carbocycles. The van der Waals surface area contributed by atoms with Gasteiger partial charge >= 0.3 is 5.97 Å². The summed E-state index contributed by atoms with van der Waals surface area (Å²) < 4.78 is 18.7. The van der Waals surface area contributed by atoms with Crippen molar-refractivity contribution in [2.24, 2.45) is 11.8 Å². The molecule has 0 bridgehead atoms. The van der Waals surface area contributed by atoms with Crippen molar-refractivity contribution in [3.8, 4) is 0 Å². The molecule has 1 aromatic rings. The lowest BCUT2D eigenvalue weighted by molar-refractivity contribution is -0.145. The normalized spacial score (nSPS) is 22.0. The van der Waals surface area contributed by atoms with Gasteiger partial charge in [0.15, 0.2) is 0 Å². The van der Waals surface area contributed by atoms with Crippen LogP contribution in [-0.4, -0.2) is 12.6 Å². The van der Waals surface area contributed by atoms with E-state index in [2.05, 4.69) is 13.8 Å². The Morgan fingerprint density at radius 2 is 2.17 bits per heavy atom. The molecule has 0 radical (unpaired) electrons. The fourth-order valence-corrected chi connectivity index (χ4v) is 2.08. The van der Waals surface area contributed by atoms with Crippen molar-refractivity contribution >= 4 is 5.97 Å². The van der Waals surface area contributed by atoms with E-state index < -0.39 is 0 Å². The van der Waals surface area contributed by atoms with Gasteiger partial charge in [-0.1, -0.05) is 32.0 Å². The van der Waals surface area contributed by atoms with E-state index in [1.165, 1.54) is 6.07 Å². The molecule has 0 saturated heterocycles. The molecule has 0 aromatic heterocycles. The lowest BCUT2D eigenvalue weighted by atomic mass is 10.1. The minimum Gasteiger partial charge on any atom is -0.465 e. The van der Waals surface area contributed by atoms with E-state index in [0.717, 1.165) is 6.42 Å². The summed E-state index contributed by atoms with van der Waals surface area (Å²) in [6.07, 6.45) is 1.59. The van der Waals surface area contributed by atoms with Crippen LogP contribution in [0.5, 0.6) is 0 Å². The van der Waals surface area contributed by atoms with E-state index in [0.29, 0.717) is 24.5 Å². The van der Waals surface area contributed by atoms with Crippen molar-refractivity contribution in [1.82, 2.24) is 0 Å². The molecular weight excluding hydrogens is 231 g/mol. The fourth-order valence-electron chi connectivity index (χ4n) is 2.08. The lowest BCUT2D eigenvalue weighted by Crippen LogP contribution is -2.10. The molecular formula is C15H19FO2. The Bertz CT molecular complexity index is 428. The van der Waals surface area contributed by atoms with Gasteiger partial charge in [0.1, 0.15) is 5.82 Å². The fraction of sp³-hybridized carbons (Fsp3) is 0.533. The van der Waals surface area contributed by atoms with Crippen LogP contribution in [0.25, 0.3) is 0 Å². The molecule has 1 fully saturated rings. The Morgan fingerprint density at radius 1 is 1.44 bits per heavy atom. The van der Waals surface area contributed by atoms with Crippen LogP contribution in [0.4, 0.5) is 4.39 Å². The number of ether oxygens (including phenoxy) is 1. The van der Waals surface area contributed by atoms with Crippen LogP contribution < -0.4 is 0 Å². The first-order valence-electron chi connectivity index (χ1n) is 6.50. The third-order valence-corrected chi connectivity index (χ3v) is 3.34. The number of halogens is 1. The summed E-state index contributed by atoms with van der Waals surface area (Å²) in [5, 5.41) is 0. The number of hydrogen-bond donors (Lipinski definition) is 0. The van der Waals surface area contributed by atoms with Crippen molar-refractivity contribution in [1.29, 1.82) is 0 Å². The lowest BCUT2D eigenvalue weighted by Gasteiger charge is -2.06. The van der Waals surface area contributed by atoms with Gasteiger partial charge in [-0.3, -0.25) is 4.79 Å². The quantitative estimate of drug-likeness (QED) is 0.747. The van der Waals surface area contributed by atoms with E-state index in [4.69, 9.17) is 4.74 Å². The van der Waals surface area contributed by atoms with Crippen molar-refractivity contribution in [3.63, 3.8) is 0 Å². The molecule has 2 unspecified atom stereocenters. The monoisotopic (exact) mass is 250 g/mol. The molecule has 0 spiro atoms. The standard InChI is InChI=1S/C15H19FO2/c1-10(2)7-8-18-15(17)13-9-12(13)11-5-3-4-6-14(11)16/h3-6,10,12-13H,7-9H2,1-2H3. The average Bonchev–Trinajstić information content (AvgIpc) is 3.09. The maximum Gasteiger partial charge on any atom is 0.309 e. The Hall–Kier alpha value is -1.38. The summed E-state index contributed by atoms with van der Waals surface area (Å²) in [4.78, 5) is 11.7. The van der Waals surface area contributed by atoms with Gasteiger partial charge in [-0.05, 0) is 30.4 Å². The van der Waals surface area contributed by atoms with Gasteiger partial charge < -0.3 is 4.74 Å². The molecule has 0 aliphatic heterocycles. The van der Waals surface area contributed by atoms with Crippen LogP contribution in [-0.2, 0) is 9.53 Å². The summed E-state index contributed by atoms with van der Waals surface area (Å²) in [6, 6.07) is 6.66. The van der Waals surface area contributed by atoms with Crippen LogP contribution in [0.15, 0.2) is 24.3 Å². The van der Waals surface area contributed by atoms with Gasteiger partial charge in [0, 0.05) is 5.92 Å². The van der Waals surface area contributed by atoms with E-state index >= 15 is 0 Å². The second kappa shape index (κ2) is 5.51. The van der Waals surface area contributed by atoms with Gasteiger partial charge in [-0.15, -0.1) is 0 Å². The molecule has 1 saturated carbocycles. The molecule has 1 aromatic carbocycles. The number of carbonyl (C=O) groups is 1. The maximum atomic E-state index is 13.5. The highest BCUT2D eigenvalue weighted by atomic mass is 19.1. The first kappa shape index (κ1) is 13.1. The SMILES string of the molecule is CC(C)CCOC(=O)C1CC1c1ccccc1F. The summed E-state index contributed by atoms with van der Waals surface area (Å²) in [6.45, 7) is 4.65. The summed E-state index contributed by atoms with van der Waals surface area (Å²) in [5.74, 6) is -0.00457. The predicted molar refractivity (Wildman–Crippen MR) is 67.7 cm³/mol. The summed E-state index contributed by atoms with van der Waals surface area (Å²) in [5.41, 5.74) is 0.642. The third-order valence-electron chi connectivity index (χ3n) is 3.34. The average molecular weight is 250 g/mol. The first-order valence-corrected chi connectivity index (χ1v) is 6.50. The first-order chi connectivity index (χ1) is 8.59. The number of esters is 1. The van der Waals surface area contributed by atoms with Gasteiger partial charge in [-0.25, -0.2) is 4.39 Å². The second-order valence-corrected chi connectivity index (χ2v) is 5.32. The molecule has 3 heteroatoms. The zero-order chi connectivity index (χ0) is 13.1. The molecule has 2 rings (SSSR count). The second-order valence-electron chi connectivity index (χ2n) is 5.32. The minimum absolute atomic E-state index is 0.0118. The van der Waals surface area contributed by atoms with Crippen molar-refractivity contribution in [3.05, 3.63) is 35.6 Å². The molecule has 0 N–H and O–H groups in total. The van der Waals surface area contributed by atoms with Crippen LogP contribution in [0.2, 0.25) is 0 Å². The Balaban J connectivity index is 1.84. The molecule has 18 heavy (non-hydrogen) atoms. The van der Waals surface area contributed by atoms with E-state index in [1.807, 2.05) is 0 Å². The number of carbonyl (C=O) groups excluding carboxylic acids is 1. The van der Waals surface area contributed by atoms with Crippen LogP contribution in [0, 0.1) is 17.7 Å². The molecule has 2 atom stereocenters. The highest BCUT2D eigenvalue weighted by Crippen LogP contribution is 2.48. The van der Waals surface area contributed by atoms with Gasteiger partial charge in [0.25, 0.3) is 0 Å². The van der Waals surface area contributed by atoms with E-state index in [9.17, 15) is 9.18 Å². The van der Waals surface area contributed by atoms with Crippen molar-refractivity contribution < 1.29 is 13.9 Å². The van der Waals surface area contributed by atoms with Crippen molar-refractivity contribution in [2.75, 3.05) is 6.61 Å². The summed E-state index contributed by atoms with van der Waals surface area (Å²) >= 11 is 0. The van der Waals surface area contributed by atoms with Crippen molar-refractivity contribution in [2.45, 2.75) is 32.6 Å². The van der Waals surface area contributed by atoms with Gasteiger partial charge in [0.05, 0.1) is 12.5 Å². The third kappa shape index (κ3) is 3.09. The van der Waals surface area contributed by atoms with E-state index in [-0.39, 0.29) is 23.6 Å². The largest absolute Gasteiger partial charge is 0.465 e. The zero-order valence-electron chi connectivity index (χ0n) is 10.9. The van der Waals surface area contributed by atoms with Crippen LogP contribution >= 0.6 is 0 Å². The Morgan fingerprint density at radius 3 is 2.83 bits per heavy atom. The Labute approximate surface area is 107 Å². The van der Waals surface area contributed by atoms with Gasteiger partial charge in [-0.2, -0.15) is 0 Å². The van der Waals surface area contributed by atoms with Crippen LogP contribution in [0.1, 0.15) is 38.2 Å². The minimum atomic E-state index is -0.222. The topological polar surface area (TPSA) is 26.3 Å². The number of benzene rings is 1. The molecule has 0 heterocycles. The molecule has 2 nitrogen and oxygen atoms in total. The van der Waals surface area contributed by atoms with Gasteiger partial charge in [0.2, 0.25) is 0 Å². The maximum absolute atomic E-state index is 13.5. The highest BCUT2D eigenvalue weighted by molar-refractivity contribution is 5.77. The zero-order valence-corrected chi connectivity index (χ0v) is 10.9. The molecule has 1 aliphatic rings. The van der Waals surface area contributed by atoms with Crippen LogP contribution in [0.3, 0.4) is 0 Å². The Kier molecular flexibility index (Phi) is 4.00. The highest BCUT2D eigenvalue weighted by Gasteiger charge is 2.46. The smallest absolute Gasteiger partial charge is 0.309 e. The molecule has 0 amide bonds. The molecule has 98 valence electrons. The number of hydrogen-bond acceptors (Lipinski definition) is 2. The van der Waals surface area contributed by atoms with E-state index in [1.54, 1.807) is 18.2 Å². The number of rotatable bonds is 5. The predicted octanol–water partition coefficient (Wildman–Crippen LogP) is 3.52.